The zero-order valence-corrected chi connectivity index (χ0v) is 19.0. The van der Waals surface area contributed by atoms with Crippen LogP contribution in [0.15, 0.2) is 29.3 Å². The molecule has 3 rings (SSSR count). The second-order valence-electron chi connectivity index (χ2n) is 8.60. The lowest BCUT2D eigenvalue weighted by Gasteiger charge is -2.29. The lowest BCUT2D eigenvalue weighted by Crippen LogP contribution is -2.39. The third-order valence-corrected chi connectivity index (χ3v) is 6.07. The Kier molecular flexibility index (Phi) is 8.23. The van der Waals surface area contributed by atoms with Crippen molar-refractivity contribution in [1.29, 1.82) is 0 Å². The largest absolute Gasteiger partial charge is 0.383 e. The first-order valence-corrected chi connectivity index (χ1v) is 11.4. The van der Waals surface area contributed by atoms with Gasteiger partial charge < -0.3 is 26.6 Å². The van der Waals surface area contributed by atoms with E-state index in [-0.39, 0.29) is 18.0 Å². The zero-order chi connectivity index (χ0) is 22.4. The van der Waals surface area contributed by atoms with Gasteiger partial charge in [-0.25, -0.2) is 9.98 Å². The van der Waals surface area contributed by atoms with Crippen LogP contribution < -0.4 is 16.8 Å². The summed E-state index contributed by atoms with van der Waals surface area (Å²) in [5.41, 5.74) is 15.2. The Balaban J connectivity index is 1.71. The Labute approximate surface area is 185 Å². The highest BCUT2D eigenvalue weighted by atomic mass is 16.5. The summed E-state index contributed by atoms with van der Waals surface area (Å²) in [5, 5.41) is 14.1. The molecule has 7 heteroatoms. The number of hydrogen-bond donors (Lipinski definition) is 4. The van der Waals surface area contributed by atoms with E-state index in [9.17, 15) is 5.11 Å². The molecule has 1 fully saturated rings. The van der Waals surface area contributed by atoms with Crippen molar-refractivity contribution in [2.75, 3.05) is 11.9 Å². The van der Waals surface area contributed by atoms with E-state index in [1.807, 2.05) is 31.2 Å². The summed E-state index contributed by atoms with van der Waals surface area (Å²) in [6.45, 7) is 6.28. The van der Waals surface area contributed by atoms with Crippen LogP contribution in [0.2, 0.25) is 0 Å². The monoisotopic (exact) mass is 427 g/mol. The third kappa shape index (κ3) is 6.15. The van der Waals surface area contributed by atoms with Crippen LogP contribution in [-0.4, -0.2) is 46.9 Å². The maximum absolute atomic E-state index is 9.68. The van der Waals surface area contributed by atoms with E-state index in [1.54, 1.807) is 6.92 Å². The molecule has 2 aromatic rings. The molecule has 0 aliphatic heterocycles. The highest BCUT2D eigenvalue weighted by molar-refractivity contribution is 6.06. The number of aromatic nitrogens is 1. The number of hydrogen-bond acceptors (Lipinski definition) is 6. The predicted octanol–water partition coefficient (Wildman–Crippen LogP) is 3.45. The Morgan fingerprint density at radius 1 is 1.26 bits per heavy atom. The van der Waals surface area contributed by atoms with Crippen LogP contribution in [-0.2, 0) is 4.74 Å². The number of aliphatic hydroxyl groups is 1. The lowest BCUT2D eigenvalue weighted by molar-refractivity contribution is -0.0324. The molecule has 0 radical (unpaired) electrons. The van der Waals surface area contributed by atoms with Crippen LogP contribution in [0.5, 0.6) is 0 Å². The van der Waals surface area contributed by atoms with Gasteiger partial charge in [0.05, 0.1) is 23.3 Å². The summed E-state index contributed by atoms with van der Waals surface area (Å²) in [5.74, 6) is 0.928. The molecule has 0 amide bonds. The van der Waals surface area contributed by atoms with E-state index < -0.39 is 6.23 Å². The van der Waals surface area contributed by atoms with Gasteiger partial charge in [-0.15, -0.1) is 0 Å². The number of para-hydroxylation sites is 1. The number of nitrogens with zero attached hydrogens (tertiary/aromatic N) is 2. The number of fused-ring (bicyclic) bond motifs is 1. The van der Waals surface area contributed by atoms with Gasteiger partial charge in [-0.05, 0) is 51.7 Å². The molecule has 170 valence electrons. The number of benzene rings is 1. The number of nitrogens with one attached hydrogen (secondary N) is 1. The van der Waals surface area contributed by atoms with Crippen LogP contribution in [0.4, 0.5) is 5.82 Å². The van der Waals surface area contributed by atoms with Crippen molar-refractivity contribution in [1.82, 2.24) is 4.98 Å². The number of aryl methyl sites for hydroxylation is 1. The second kappa shape index (κ2) is 10.9. The molecule has 0 spiro atoms. The van der Waals surface area contributed by atoms with Gasteiger partial charge in [0.15, 0.2) is 0 Å². The average molecular weight is 428 g/mol. The topological polar surface area (TPSA) is 119 Å². The van der Waals surface area contributed by atoms with Crippen molar-refractivity contribution in [3.63, 3.8) is 0 Å². The number of aliphatic imine (C=N–C) groups is 1. The van der Waals surface area contributed by atoms with E-state index in [1.165, 1.54) is 19.3 Å². The summed E-state index contributed by atoms with van der Waals surface area (Å²) < 4.78 is 6.20. The van der Waals surface area contributed by atoms with Crippen molar-refractivity contribution in [2.24, 2.45) is 16.5 Å². The van der Waals surface area contributed by atoms with Crippen molar-refractivity contribution in [3.8, 4) is 0 Å². The SMILES string of the molecule is Cc1c(/C(N)=N/C(C)O)c(NCCC(N)C(C)OC2CCCCC2)nc2ccccc12. The van der Waals surface area contributed by atoms with E-state index >= 15 is 0 Å². The number of ether oxygens (including phenoxy) is 1. The van der Waals surface area contributed by atoms with Crippen LogP contribution in [0.1, 0.15) is 63.5 Å². The van der Waals surface area contributed by atoms with Crippen LogP contribution >= 0.6 is 0 Å². The van der Waals surface area contributed by atoms with Gasteiger partial charge in [-0.3, -0.25) is 0 Å². The van der Waals surface area contributed by atoms with E-state index in [4.69, 9.17) is 21.2 Å². The summed E-state index contributed by atoms with van der Waals surface area (Å²) in [7, 11) is 0. The van der Waals surface area contributed by atoms with Gasteiger partial charge in [-0.2, -0.15) is 0 Å². The number of nitrogens with two attached hydrogens (primary N) is 2. The smallest absolute Gasteiger partial charge is 0.144 e. The molecule has 3 unspecified atom stereocenters. The average Bonchev–Trinajstić information content (AvgIpc) is 2.74. The number of pyridine rings is 1. The number of amidine groups is 1. The molecule has 0 bridgehead atoms. The number of anilines is 1. The first kappa shape index (κ1) is 23.4. The molecule has 1 aliphatic carbocycles. The molecular weight excluding hydrogens is 390 g/mol. The van der Waals surface area contributed by atoms with E-state index in [0.717, 1.165) is 41.3 Å². The Morgan fingerprint density at radius 2 is 1.97 bits per heavy atom. The maximum Gasteiger partial charge on any atom is 0.144 e. The zero-order valence-electron chi connectivity index (χ0n) is 19.0. The number of aliphatic hydroxyl groups excluding tert-OH is 1. The molecule has 1 saturated carbocycles. The van der Waals surface area contributed by atoms with E-state index in [0.29, 0.717) is 18.5 Å². The summed E-state index contributed by atoms with van der Waals surface area (Å²) >= 11 is 0. The van der Waals surface area contributed by atoms with Gasteiger partial charge in [-0.1, -0.05) is 37.5 Å². The Hall–Kier alpha value is -2.22. The van der Waals surface area contributed by atoms with Crippen LogP contribution in [0, 0.1) is 6.92 Å². The molecule has 0 saturated heterocycles. The molecule has 3 atom stereocenters. The minimum Gasteiger partial charge on any atom is -0.383 e. The van der Waals surface area contributed by atoms with Gasteiger partial charge in [0.1, 0.15) is 17.9 Å². The fourth-order valence-electron chi connectivity index (χ4n) is 4.28. The summed E-state index contributed by atoms with van der Waals surface area (Å²) in [4.78, 5) is 8.91. The van der Waals surface area contributed by atoms with Crippen molar-refractivity contribution >= 4 is 22.6 Å². The van der Waals surface area contributed by atoms with Gasteiger partial charge in [0.25, 0.3) is 0 Å². The first-order valence-electron chi connectivity index (χ1n) is 11.4. The highest BCUT2D eigenvalue weighted by Crippen LogP contribution is 2.26. The minimum atomic E-state index is -0.884. The molecule has 7 nitrogen and oxygen atoms in total. The normalized spacial score (nSPS) is 18.7. The van der Waals surface area contributed by atoms with E-state index in [2.05, 4.69) is 17.2 Å². The van der Waals surface area contributed by atoms with Gasteiger partial charge in [0, 0.05) is 18.0 Å². The molecule has 1 aliphatic rings. The lowest BCUT2D eigenvalue weighted by atomic mass is 9.97. The molecule has 1 aromatic heterocycles. The third-order valence-electron chi connectivity index (χ3n) is 6.07. The van der Waals surface area contributed by atoms with Crippen LogP contribution in [0.3, 0.4) is 0 Å². The molecular formula is C24H37N5O2. The van der Waals surface area contributed by atoms with Crippen LogP contribution in [0.25, 0.3) is 10.9 Å². The first-order chi connectivity index (χ1) is 14.9. The molecule has 31 heavy (non-hydrogen) atoms. The fraction of sp³-hybridized carbons (Fsp3) is 0.583. The second-order valence-corrected chi connectivity index (χ2v) is 8.60. The standard InChI is InChI=1S/C24H37N5O2/c1-15-19-11-7-8-12-21(19)29-24(22(15)23(26)28-17(3)30)27-14-13-20(25)16(2)31-18-9-5-4-6-10-18/h7-8,11-12,16-18,20,30H,4-6,9-10,13-14,25H2,1-3H3,(H2,26,28)(H,27,29). The Morgan fingerprint density at radius 3 is 2.68 bits per heavy atom. The van der Waals surface area contributed by atoms with Crippen molar-refractivity contribution in [3.05, 3.63) is 35.4 Å². The quantitative estimate of drug-likeness (QED) is 0.359. The Bertz CT molecular complexity index is 893. The maximum atomic E-state index is 9.68. The van der Waals surface area contributed by atoms with Crippen molar-refractivity contribution in [2.45, 2.75) is 83.8 Å². The number of rotatable bonds is 9. The van der Waals surface area contributed by atoms with Gasteiger partial charge >= 0.3 is 0 Å². The molecule has 6 N–H and O–H groups in total. The van der Waals surface area contributed by atoms with Crippen molar-refractivity contribution < 1.29 is 9.84 Å². The summed E-state index contributed by atoms with van der Waals surface area (Å²) in [6.07, 6.45) is 6.30. The summed E-state index contributed by atoms with van der Waals surface area (Å²) in [6, 6.07) is 7.86. The van der Waals surface area contributed by atoms with Gasteiger partial charge in [0.2, 0.25) is 0 Å². The molecule has 1 aromatic carbocycles. The highest BCUT2D eigenvalue weighted by Gasteiger charge is 2.21. The fourth-order valence-corrected chi connectivity index (χ4v) is 4.28. The predicted molar refractivity (Wildman–Crippen MR) is 127 cm³/mol. The molecule has 1 heterocycles. The minimum absolute atomic E-state index is 0.0116.